The summed E-state index contributed by atoms with van der Waals surface area (Å²) in [6, 6.07) is 0. The Bertz CT molecular complexity index is 234. The van der Waals surface area contributed by atoms with Gasteiger partial charge < -0.3 is 4.74 Å². The summed E-state index contributed by atoms with van der Waals surface area (Å²) in [5.74, 6) is 0. The number of ether oxygens (including phenoxy) is 1. The number of hydrogen-bond donors (Lipinski definition) is 0. The number of hydrogen-bond acceptors (Lipinski definition) is 1. The lowest BCUT2D eigenvalue weighted by Gasteiger charge is -2.40. The summed E-state index contributed by atoms with van der Waals surface area (Å²) in [5.41, 5.74) is 0. The third-order valence-corrected chi connectivity index (χ3v) is 8.24. The van der Waals surface area contributed by atoms with E-state index in [4.69, 9.17) is 4.74 Å². The minimum atomic E-state index is -0.691. The smallest absolute Gasteiger partial charge is 0.0695 e. The van der Waals surface area contributed by atoms with Crippen molar-refractivity contribution in [2.24, 2.45) is 0 Å². The van der Waals surface area contributed by atoms with Crippen molar-refractivity contribution in [3.05, 3.63) is 0 Å². The van der Waals surface area contributed by atoms with Gasteiger partial charge in [0, 0.05) is 6.61 Å². The summed E-state index contributed by atoms with van der Waals surface area (Å²) in [5, 5.41) is 0.360. The second-order valence-electron chi connectivity index (χ2n) is 7.46. The normalized spacial score (nSPS) is 22.9. The second-order valence-corrected chi connectivity index (χ2v) is 10.8. The van der Waals surface area contributed by atoms with Crippen molar-refractivity contribution in [3.8, 4) is 0 Å². The topological polar surface area (TPSA) is 9.23 Å². The zero-order chi connectivity index (χ0) is 15.4. The molecule has 0 aromatic carbocycles. The highest BCUT2D eigenvalue weighted by molar-refractivity contribution is 6.59. The third kappa shape index (κ3) is 7.83. The van der Waals surface area contributed by atoms with Gasteiger partial charge in [-0.1, -0.05) is 84.2 Å². The monoisotopic (exact) mass is 312 g/mol. The molecule has 1 unspecified atom stereocenters. The van der Waals surface area contributed by atoms with Crippen LogP contribution in [0.1, 0.15) is 96.8 Å². The van der Waals surface area contributed by atoms with Gasteiger partial charge in [-0.2, -0.15) is 0 Å². The number of unbranched alkanes of at least 4 members (excludes halogenated alkanes) is 9. The molecule has 126 valence electrons. The van der Waals surface area contributed by atoms with Crippen molar-refractivity contribution in [2.75, 3.05) is 6.61 Å². The van der Waals surface area contributed by atoms with Crippen LogP contribution in [0.4, 0.5) is 0 Å². The standard InChI is InChI=1S/C19H40OSi/c1-4-5-6-7-8-9-10-11-12-13-16-19(21(2)3)17-14-15-18-20-19/h21H,4-18H2,1-3H3. The average molecular weight is 313 g/mol. The minimum absolute atomic E-state index is 0.360. The quantitative estimate of drug-likeness (QED) is 0.305. The van der Waals surface area contributed by atoms with Crippen LogP contribution in [0.25, 0.3) is 0 Å². The van der Waals surface area contributed by atoms with Crippen molar-refractivity contribution in [3.63, 3.8) is 0 Å². The molecule has 0 amide bonds. The van der Waals surface area contributed by atoms with Gasteiger partial charge in [-0.05, 0) is 25.7 Å². The third-order valence-electron chi connectivity index (χ3n) is 5.39. The molecular formula is C19H40OSi. The van der Waals surface area contributed by atoms with Crippen molar-refractivity contribution in [2.45, 2.75) is 115 Å². The van der Waals surface area contributed by atoms with E-state index in [0.29, 0.717) is 5.22 Å². The first kappa shape index (κ1) is 19.2. The lowest BCUT2D eigenvalue weighted by molar-refractivity contribution is -0.0292. The van der Waals surface area contributed by atoms with Crippen LogP contribution in [0, 0.1) is 0 Å². The molecule has 0 spiro atoms. The summed E-state index contributed by atoms with van der Waals surface area (Å²) in [7, 11) is -0.691. The van der Waals surface area contributed by atoms with E-state index >= 15 is 0 Å². The molecule has 1 atom stereocenters. The predicted molar refractivity (Wildman–Crippen MR) is 97.9 cm³/mol. The zero-order valence-electron chi connectivity index (χ0n) is 15.1. The van der Waals surface area contributed by atoms with Crippen LogP contribution < -0.4 is 0 Å². The molecular weight excluding hydrogens is 272 g/mol. The Labute approximate surface area is 135 Å². The maximum atomic E-state index is 6.27. The Kier molecular flexibility index (Phi) is 10.7. The van der Waals surface area contributed by atoms with Gasteiger partial charge in [-0.3, -0.25) is 0 Å². The molecule has 1 aliphatic rings. The summed E-state index contributed by atoms with van der Waals surface area (Å²) < 4.78 is 6.27. The fraction of sp³-hybridized carbons (Fsp3) is 1.00. The van der Waals surface area contributed by atoms with Crippen LogP contribution in [0.15, 0.2) is 0 Å². The fourth-order valence-corrected chi connectivity index (χ4v) is 5.74. The fourth-order valence-electron chi connectivity index (χ4n) is 3.73. The molecule has 0 saturated carbocycles. The van der Waals surface area contributed by atoms with E-state index in [2.05, 4.69) is 20.0 Å². The number of rotatable bonds is 12. The van der Waals surface area contributed by atoms with Gasteiger partial charge in [0.1, 0.15) is 0 Å². The van der Waals surface area contributed by atoms with E-state index in [-0.39, 0.29) is 0 Å². The molecule has 0 aliphatic carbocycles. The van der Waals surface area contributed by atoms with Gasteiger partial charge in [0.05, 0.1) is 14.0 Å². The van der Waals surface area contributed by atoms with Gasteiger partial charge in [-0.25, -0.2) is 0 Å². The lowest BCUT2D eigenvalue weighted by Crippen LogP contribution is -2.47. The van der Waals surface area contributed by atoms with Crippen LogP contribution in [-0.2, 0) is 4.74 Å². The van der Waals surface area contributed by atoms with Gasteiger partial charge in [0.15, 0.2) is 0 Å². The van der Waals surface area contributed by atoms with Crippen LogP contribution >= 0.6 is 0 Å². The largest absolute Gasteiger partial charge is 0.379 e. The first-order valence-corrected chi connectivity index (χ1v) is 12.7. The van der Waals surface area contributed by atoms with Crippen molar-refractivity contribution in [1.29, 1.82) is 0 Å². The van der Waals surface area contributed by atoms with Crippen LogP contribution in [0.5, 0.6) is 0 Å². The summed E-state index contributed by atoms with van der Waals surface area (Å²) >= 11 is 0. The van der Waals surface area contributed by atoms with E-state index in [0.717, 1.165) is 6.61 Å². The molecule has 0 aromatic heterocycles. The molecule has 0 bridgehead atoms. The SMILES string of the molecule is CCCCCCCCCCCCC1([SiH](C)C)CCCCO1. The highest BCUT2D eigenvalue weighted by Gasteiger charge is 2.36. The van der Waals surface area contributed by atoms with Gasteiger partial charge in [0.2, 0.25) is 0 Å². The highest BCUT2D eigenvalue weighted by Crippen LogP contribution is 2.32. The van der Waals surface area contributed by atoms with E-state index in [1.807, 2.05) is 0 Å². The Morgan fingerprint density at radius 3 is 1.86 bits per heavy atom. The summed E-state index contributed by atoms with van der Waals surface area (Å²) in [4.78, 5) is 0. The van der Waals surface area contributed by atoms with Crippen molar-refractivity contribution >= 4 is 8.80 Å². The van der Waals surface area contributed by atoms with Crippen molar-refractivity contribution in [1.82, 2.24) is 0 Å². The molecule has 1 heterocycles. The Morgan fingerprint density at radius 1 is 0.810 bits per heavy atom. The lowest BCUT2D eigenvalue weighted by atomic mass is 10.0. The first-order chi connectivity index (χ1) is 10.2. The Hall–Kier alpha value is 0.177. The average Bonchev–Trinajstić information content (AvgIpc) is 2.50. The maximum absolute atomic E-state index is 6.27. The summed E-state index contributed by atoms with van der Waals surface area (Å²) in [6.45, 7) is 8.30. The van der Waals surface area contributed by atoms with E-state index < -0.39 is 8.80 Å². The minimum Gasteiger partial charge on any atom is -0.379 e. The van der Waals surface area contributed by atoms with Crippen LogP contribution in [0.2, 0.25) is 13.1 Å². The summed E-state index contributed by atoms with van der Waals surface area (Å²) in [6.07, 6.45) is 19.8. The molecule has 1 rings (SSSR count). The second kappa shape index (κ2) is 11.7. The Balaban J connectivity index is 1.99. The van der Waals surface area contributed by atoms with Gasteiger partial charge >= 0.3 is 0 Å². The predicted octanol–water partition coefficient (Wildman–Crippen LogP) is 6.26. The molecule has 0 N–H and O–H groups in total. The first-order valence-electron chi connectivity index (χ1n) is 9.85. The molecule has 2 heteroatoms. The van der Waals surface area contributed by atoms with E-state index in [1.165, 1.54) is 89.9 Å². The van der Waals surface area contributed by atoms with Crippen LogP contribution in [-0.4, -0.2) is 20.6 Å². The van der Waals surface area contributed by atoms with E-state index in [1.54, 1.807) is 0 Å². The van der Waals surface area contributed by atoms with Crippen molar-refractivity contribution < 1.29 is 4.74 Å². The maximum Gasteiger partial charge on any atom is 0.0695 e. The molecule has 0 radical (unpaired) electrons. The van der Waals surface area contributed by atoms with Crippen LogP contribution in [0.3, 0.4) is 0 Å². The molecule has 1 fully saturated rings. The molecule has 1 aliphatic heterocycles. The molecule has 21 heavy (non-hydrogen) atoms. The molecule has 1 nitrogen and oxygen atoms in total. The van der Waals surface area contributed by atoms with Gasteiger partial charge in [-0.15, -0.1) is 0 Å². The molecule has 1 saturated heterocycles. The highest BCUT2D eigenvalue weighted by atomic mass is 28.3. The van der Waals surface area contributed by atoms with Gasteiger partial charge in [0.25, 0.3) is 0 Å². The zero-order valence-corrected chi connectivity index (χ0v) is 16.2. The molecule has 0 aromatic rings. The van der Waals surface area contributed by atoms with E-state index in [9.17, 15) is 0 Å². The Morgan fingerprint density at radius 2 is 1.38 bits per heavy atom.